The first-order valence-corrected chi connectivity index (χ1v) is 19.7. The minimum atomic E-state index is -0.748. The summed E-state index contributed by atoms with van der Waals surface area (Å²) < 4.78 is 8.53. The molecule has 0 amide bonds. The van der Waals surface area contributed by atoms with Crippen LogP contribution in [0.2, 0.25) is 0 Å². The molecule has 0 bridgehead atoms. The Labute approximate surface area is 317 Å². The average molecular weight is 792 g/mol. The van der Waals surface area contributed by atoms with E-state index in [-0.39, 0.29) is 0 Å². The Morgan fingerprint density at radius 2 is 1.09 bits per heavy atom. The van der Waals surface area contributed by atoms with Gasteiger partial charge in [0.25, 0.3) is 0 Å². The average Bonchev–Trinajstić information content (AvgIpc) is 3.70. The van der Waals surface area contributed by atoms with Gasteiger partial charge in [-0.2, -0.15) is 0 Å². The monoisotopic (exact) mass is 791 g/mol. The van der Waals surface area contributed by atoms with Gasteiger partial charge in [-0.15, -0.1) is 0 Å². The number of hydrogen-bond donors (Lipinski definition) is 1. The second-order valence-electron chi connectivity index (χ2n) is 13.3. The molecule has 0 saturated carbocycles. The van der Waals surface area contributed by atoms with Crippen molar-refractivity contribution >= 4 is 66.8 Å². The molecule has 0 fully saturated rings. The van der Waals surface area contributed by atoms with Crippen molar-refractivity contribution in [3.05, 3.63) is 202 Å². The molecule has 4 nitrogen and oxygen atoms in total. The molecule has 53 heavy (non-hydrogen) atoms. The first-order valence-electron chi connectivity index (χ1n) is 17.7. The molecule has 1 aliphatic rings. The summed E-state index contributed by atoms with van der Waals surface area (Å²) in [6.45, 7) is 0. The molecular weight excluding hydrogens is 759 g/mol. The summed E-state index contributed by atoms with van der Waals surface area (Å²) in [6.07, 6.45) is 2.31. The number of hydrogen-bond acceptors (Lipinski definition) is 1. The number of benzene rings is 8. The van der Waals surface area contributed by atoms with Gasteiger partial charge in [-0.25, -0.2) is 0 Å². The predicted molar refractivity (Wildman–Crippen MR) is 218 cm³/mol. The number of nitrogens with two attached hydrogens (primary N) is 1. The van der Waals surface area contributed by atoms with Gasteiger partial charge in [0.1, 0.15) is 0 Å². The first-order chi connectivity index (χ1) is 26.2. The summed E-state index contributed by atoms with van der Waals surface area (Å²) in [5.41, 5.74) is 17.5. The van der Waals surface area contributed by atoms with E-state index in [4.69, 9.17) is 13.9 Å². The molecule has 0 saturated heterocycles. The molecule has 1 aromatic heterocycles. The molecule has 0 atom stereocenters. The van der Waals surface area contributed by atoms with Crippen LogP contribution in [0.15, 0.2) is 184 Å². The van der Waals surface area contributed by atoms with E-state index in [2.05, 4.69) is 168 Å². The molecule has 5 heteroatoms. The third kappa shape index (κ3) is 5.61. The molecule has 0 unspecified atom stereocenters. The molecule has 8 aromatic carbocycles. The Morgan fingerprint density at radius 1 is 0.509 bits per heavy atom. The number of aliphatic imine (C=N–C) groups is 1. The Kier molecular flexibility index (Phi) is 7.73. The summed E-state index contributed by atoms with van der Waals surface area (Å²) in [5, 5.41) is 7.04. The van der Waals surface area contributed by atoms with E-state index < -0.39 is 21.5 Å². The number of rotatable bonds is 4. The van der Waals surface area contributed by atoms with E-state index in [9.17, 15) is 0 Å². The van der Waals surface area contributed by atoms with Crippen molar-refractivity contribution in [3.8, 4) is 11.1 Å². The van der Waals surface area contributed by atoms with Gasteiger partial charge >= 0.3 is 283 Å². The molecule has 1 heterocycles. The molecular formula is C48H32IN4-. The molecule has 2 N–H and O–H groups in total. The second-order valence-corrected chi connectivity index (χ2v) is 15.5. The van der Waals surface area contributed by atoms with Gasteiger partial charge in [0.05, 0.1) is 0 Å². The van der Waals surface area contributed by atoms with Crippen molar-refractivity contribution in [2.24, 2.45) is 13.9 Å². The van der Waals surface area contributed by atoms with Gasteiger partial charge in [0.2, 0.25) is 0 Å². The zero-order valence-electron chi connectivity index (χ0n) is 28.6. The van der Waals surface area contributed by atoms with Gasteiger partial charge in [-0.1, -0.05) is 36.4 Å². The van der Waals surface area contributed by atoms with Crippen LogP contribution in [-0.2, 0) is 0 Å². The molecule has 9 aromatic rings. The van der Waals surface area contributed by atoms with Crippen LogP contribution in [0.1, 0.15) is 22.3 Å². The summed E-state index contributed by atoms with van der Waals surface area (Å²) in [4.78, 5) is 5.16. The fourth-order valence-electron chi connectivity index (χ4n) is 7.61. The van der Waals surface area contributed by atoms with Crippen LogP contribution < -0.4 is 27.2 Å². The molecule has 0 radical (unpaired) electrons. The van der Waals surface area contributed by atoms with Gasteiger partial charge in [0.15, 0.2) is 0 Å². The fraction of sp³-hybridized carbons (Fsp3) is 0. The number of halogens is 1. The standard InChI is InChI=1S/C48H32IN4/c50-48(51-47(33-13-2-1-3-14-33)52-49-37-24-23-32-12-4-5-15-34(32)28-37)53-45-27-31(22-25-42(45)44-29-35-16-6-7-17-36(35)30-46(44)53)26-43-40-20-10-8-18-38(40)39-19-9-11-21-41(39)43/h1-30H,(H2,50,51,52)/q-1. The maximum atomic E-state index is 7.17. The number of fused-ring (bicyclic) bond motifs is 8. The summed E-state index contributed by atoms with van der Waals surface area (Å²) in [5.74, 6) is 1.02. The molecule has 1 aliphatic carbocycles. The maximum absolute atomic E-state index is 7.17. The Bertz CT molecular complexity index is 2940. The first kappa shape index (κ1) is 31.4. The van der Waals surface area contributed by atoms with Crippen molar-refractivity contribution in [3.63, 3.8) is 0 Å². The van der Waals surface area contributed by atoms with Crippen LogP contribution in [0.4, 0.5) is 0 Å². The van der Waals surface area contributed by atoms with Crippen molar-refractivity contribution in [1.82, 2.24) is 4.57 Å². The van der Waals surface area contributed by atoms with Crippen LogP contribution in [-0.4, -0.2) is 16.4 Å². The van der Waals surface area contributed by atoms with E-state index >= 15 is 0 Å². The van der Waals surface area contributed by atoms with Crippen molar-refractivity contribution in [2.75, 3.05) is 0 Å². The normalized spacial score (nSPS) is 12.9. The van der Waals surface area contributed by atoms with Gasteiger partial charge in [-0.05, 0) is 0 Å². The topological polar surface area (TPSA) is 55.7 Å². The number of aromatic nitrogens is 1. The van der Waals surface area contributed by atoms with Gasteiger partial charge in [-0.3, -0.25) is 0 Å². The van der Waals surface area contributed by atoms with E-state index in [1.165, 1.54) is 47.6 Å². The van der Waals surface area contributed by atoms with E-state index in [0.717, 1.165) is 38.3 Å². The SMILES string of the molecule is NC(=NC(=N[I-]c1ccc2ccccc2c1)c1ccccc1)n1c2cc(C=C3c4ccccc4-c4ccccc43)ccc2c2cc3ccccc3cc21. The summed E-state index contributed by atoms with van der Waals surface area (Å²) in [6, 6.07) is 62.3. The van der Waals surface area contributed by atoms with Crippen LogP contribution in [0.5, 0.6) is 0 Å². The van der Waals surface area contributed by atoms with Crippen molar-refractivity contribution < 1.29 is 21.5 Å². The Hall–Kier alpha value is -6.31. The third-order valence-corrected chi connectivity index (χ3v) is 12.0. The van der Waals surface area contributed by atoms with E-state index in [1.54, 1.807) is 0 Å². The summed E-state index contributed by atoms with van der Waals surface area (Å²) in [7, 11) is 0. The van der Waals surface area contributed by atoms with E-state index in [1.807, 2.05) is 18.2 Å². The predicted octanol–water partition coefficient (Wildman–Crippen LogP) is 8.15. The molecule has 0 aliphatic heterocycles. The van der Waals surface area contributed by atoms with Crippen LogP contribution in [0, 0.1) is 3.57 Å². The second kappa shape index (κ2) is 13.0. The number of amidine groups is 1. The molecule has 252 valence electrons. The zero-order chi connectivity index (χ0) is 35.3. The Morgan fingerprint density at radius 3 is 1.81 bits per heavy atom. The Balaban J connectivity index is 1.15. The van der Waals surface area contributed by atoms with E-state index in [0.29, 0.717) is 11.8 Å². The van der Waals surface area contributed by atoms with Crippen molar-refractivity contribution in [2.45, 2.75) is 0 Å². The quantitative estimate of drug-likeness (QED) is 0.109. The third-order valence-electron chi connectivity index (χ3n) is 10.1. The van der Waals surface area contributed by atoms with Crippen LogP contribution >= 0.6 is 0 Å². The fourth-order valence-corrected chi connectivity index (χ4v) is 9.32. The minimum absolute atomic E-state index is 0.381. The van der Waals surface area contributed by atoms with Crippen LogP contribution in [0.25, 0.3) is 66.1 Å². The summed E-state index contributed by atoms with van der Waals surface area (Å²) >= 11 is -0.748. The number of nitrogens with zero attached hydrogens (tertiary/aromatic N) is 3. The zero-order valence-corrected chi connectivity index (χ0v) is 30.8. The van der Waals surface area contributed by atoms with Crippen LogP contribution in [0.3, 0.4) is 0 Å². The van der Waals surface area contributed by atoms with Gasteiger partial charge in [0, 0.05) is 0 Å². The molecule has 0 spiro atoms. The van der Waals surface area contributed by atoms with Crippen molar-refractivity contribution in [1.29, 1.82) is 0 Å². The van der Waals surface area contributed by atoms with Gasteiger partial charge < -0.3 is 0 Å². The molecule has 10 rings (SSSR count).